The Morgan fingerprint density at radius 2 is 1.97 bits per heavy atom. The maximum absolute atomic E-state index is 13.5. The van der Waals surface area contributed by atoms with Gasteiger partial charge in [0.15, 0.2) is 23.0 Å². The third-order valence-electron chi connectivity index (χ3n) is 9.11. The molecular weight excluding hydrogens is 440 g/mol. The maximum atomic E-state index is 13.5. The summed E-state index contributed by atoms with van der Waals surface area (Å²) in [6, 6.07) is 0. The molecular formula is C26H34O6S. The SMILES string of the molecule is CC(=O)OCC(=O)[C@@]1(OC(C)=S)CC[C@H]2[C@@H]3C[C@H](C)C4=CC(=O)C=C[C@]4(C)[C@H]3[C@@H](O)C[C@@]21C. The van der Waals surface area contributed by atoms with E-state index >= 15 is 0 Å². The normalized spacial score (nSPS) is 43.6. The van der Waals surface area contributed by atoms with Crippen molar-refractivity contribution in [3.8, 4) is 0 Å². The molecule has 0 spiro atoms. The zero-order chi connectivity index (χ0) is 24.3. The number of hydrogen-bond acceptors (Lipinski definition) is 7. The minimum absolute atomic E-state index is 0.00345. The third kappa shape index (κ3) is 3.54. The first-order chi connectivity index (χ1) is 15.4. The number of Topliss-reactive ketones (excluding diaryl/α,β-unsaturated/α-hetero) is 1. The van der Waals surface area contributed by atoms with Crippen LogP contribution in [0.3, 0.4) is 0 Å². The number of aliphatic hydroxyl groups excluding tert-OH is 1. The largest absolute Gasteiger partial charge is 0.473 e. The third-order valence-corrected chi connectivity index (χ3v) is 9.20. The predicted molar refractivity (Wildman–Crippen MR) is 126 cm³/mol. The molecule has 1 N–H and O–H groups in total. The highest BCUT2D eigenvalue weighted by Crippen LogP contribution is 2.68. The average molecular weight is 475 g/mol. The molecule has 0 aliphatic heterocycles. The van der Waals surface area contributed by atoms with Crippen LogP contribution < -0.4 is 0 Å². The van der Waals surface area contributed by atoms with Crippen molar-refractivity contribution in [1.29, 1.82) is 0 Å². The van der Waals surface area contributed by atoms with E-state index in [0.717, 1.165) is 18.4 Å². The van der Waals surface area contributed by atoms with Crippen molar-refractivity contribution in [1.82, 2.24) is 0 Å². The molecule has 3 fully saturated rings. The summed E-state index contributed by atoms with van der Waals surface area (Å²) in [5.41, 5.74) is -1.19. The number of fused-ring (bicyclic) bond motifs is 5. The number of ether oxygens (including phenoxy) is 2. The molecule has 0 bridgehead atoms. The molecule has 7 heteroatoms. The van der Waals surface area contributed by atoms with E-state index in [1.54, 1.807) is 19.1 Å². The van der Waals surface area contributed by atoms with E-state index in [2.05, 4.69) is 13.8 Å². The molecule has 4 aliphatic rings. The molecule has 0 saturated heterocycles. The summed E-state index contributed by atoms with van der Waals surface area (Å²) >= 11 is 5.28. The summed E-state index contributed by atoms with van der Waals surface area (Å²) in [6.45, 7) is 8.88. The predicted octanol–water partition coefficient (Wildman–Crippen LogP) is 3.75. The molecule has 0 aromatic rings. The lowest BCUT2D eigenvalue weighted by molar-refractivity contribution is -0.178. The Labute approximate surface area is 200 Å². The standard InChI is InChI=1S/C26H34O6S/c1-14-10-18-19-7-9-26(32-16(3)33,22(30)13-31-15(2)27)25(19,5)12-21(29)23(18)24(4)8-6-17(28)11-20(14)24/h6,8,11,14,18-19,21,23,29H,7,9-10,12-13H2,1-5H3/t14-,18-,19-,21-,23+,24-,25-,26-/m0/s1. The van der Waals surface area contributed by atoms with E-state index in [9.17, 15) is 19.5 Å². The maximum Gasteiger partial charge on any atom is 0.303 e. The Morgan fingerprint density at radius 3 is 2.61 bits per heavy atom. The summed E-state index contributed by atoms with van der Waals surface area (Å²) in [6.07, 6.45) is 7.14. The summed E-state index contributed by atoms with van der Waals surface area (Å²) in [5, 5.41) is 11.9. The van der Waals surface area contributed by atoms with Crippen LogP contribution in [0, 0.1) is 34.5 Å². The fraction of sp³-hybridized carbons (Fsp3) is 0.692. The lowest BCUT2D eigenvalue weighted by Crippen LogP contribution is -2.63. The van der Waals surface area contributed by atoms with Crippen molar-refractivity contribution in [2.75, 3.05) is 6.61 Å². The van der Waals surface area contributed by atoms with E-state index in [0.29, 0.717) is 12.8 Å². The molecule has 0 amide bonds. The lowest BCUT2D eigenvalue weighted by Gasteiger charge is -2.61. The Bertz CT molecular complexity index is 968. The van der Waals surface area contributed by atoms with Crippen LogP contribution >= 0.6 is 12.2 Å². The fourth-order valence-corrected chi connectivity index (χ4v) is 8.09. The van der Waals surface area contributed by atoms with Gasteiger partial charge in [0.2, 0.25) is 5.78 Å². The quantitative estimate of drug-likeness (QED) is 0.490. The van der Waals surface area contributed by atoms with Gasteiger partial charge in [-0.2, -0.15) is 0 Å². The van der Waals surface area contributed by atoms with Crippen LogP contribution in [0.5, 0.6) is 0 Å². The molecule has 0 aromatic heterocycles. The molecule has 4 aliphatic carbocycles. The van der Waals surface area contributed by atoms with E-state index in [-0.39, 0.29) is 46.9 Å². The van der Waals surface area contributed by atoms with Gasteiger partial charge in [0.1, 0.15) is 0 Å². The zero-order valence-electron chi connectivity index (χ0n) is 20.1. The van der Waals surface area contributed by atoms with Crippen LogP contribution in [0.1, 0.15) is 60.3 Å². The van der Waals surface area contributed by atoms with E-state index in [4.69, 9.17) is 21.7 Å². The second kappa shape index (κ2) is 8.12. The molecule has 0 unspecified atom stereocenters. The number of hydrogen-bond donors (Lipinski definition) is 1. The number of ketones is 2. The van der Waals surface area contributed by atoms with E-state index < -0.39 is 28.5 Å². The van der Waals surface area contributed by atoms with Gasteiger partial charge < -0.3 is 14.6 Å². The van der Waals surface area contributed by atoms with Crippen LogP contribution in [0.15, 0.2) is 23.8 Å². The Morgan fingerprint density at radius 1 is 1.27 bits per heavy atom. The molecule has 4 rings (SSSR count). The molecule has 3 saturated carbocycles. The van der Waals surface area contributed by atoms with Crippen molar-refractivity contribution in [2.45, 2.75) is 72.0 Å². The molecule has 0 radical (unpaired) electrons. The highest BCUT2D eigenvalue weighted by molar-refractivity contribution is 7.80. The van der Waals surface area contributed by atoms with Crippen molar-refractivity contribution in [2.24, 2.45) is 34.5 Å². The van der Waals surface area contributed by atoms with Crippen LogP contribution in [0.2, 0.25) is 0 Å². The van der Waals surface area contributed by atoms with E-state index in [1.165, 1.54) is 6.92 Å². The molecule has 33 heavy (non-hydrogen) atoms. The summed E-state index contributed by atoms with van der Waals surface area (Å²) in [5.74, 6) is -0.373. The molecule has 0 heterocycles. The summed E-state index contributed by atoms with van der Waals surface area (Å²) in [7, 11) is 0. The number of carbonyl (C=O) groups is 3. The van der Waals surface area contributed by atoms with Crippen molar-refractivity contribution < 1.29 is 29.0 Å². The second-order valence-corrected chi connectivity index (χ2v) is 11.5. The first-order valence-corrected chi connectivity index (χ1v) is 12.3. The van der Waals surface area contributed by atoms with Crippen molar-refractivity contribution >= 4 is 34.8 Å². The fourth-order valence-electron chi connectivity index (χ4n) is 7.95. The summed E-state index contributed by atoms with van der Waals surface area (Å²) in [4.78, 5) is 37.1. The van der Waals surface area contributed by atoms with Gasteiger partial charge in [0.05, 0.1) is 6.10 Å². The minimum Gasteiger partial charge on any atom is -0.473 e. The topological polar surface area (TPSA) is 89.9 Å². The number of allylic oxidation sites excluding steroid dienone is 4. The highest BCUT2D eigenvalue weighted by atomic mass is 32.1. The van der Waals surface area contributed by atoms with Crippen LogP contribution in [0.25, 0.3) is 0 Å². The Balaban J connectivity index is 1.76. The van der Waals surface area contributed by atoms with E-state index in [1.807, 2.05) is 13.0 Å². The van der Waals surface area contributed by atoms with Gasteiger partial charge in [0, 0.05) is 30.6 Å². The van der Waals surface area contributed by atoms with Crippen molar-refractivity contribution in [3.05, 3.63) is 23.8 Å². The van der Waals surface area contributed by atoms with Gasteiger partial charge in [-0.1, -0.05) is 32.4 Å². The van der Waals surface area contributed by atoms with Gasteiger partial charge in [0.25, 0.3) is 0 Å². The van der Waals surface area contributed by atoms with Gasteiger partial charge in [-0.15, -0.1) is 0 Å². The van der Waals surface area contributed by atoms with Gasteiger partial charge in [-0.25, -0.2) is 0 Å². The monoisotopic (exact) mass is 474 g/mol. The van der Waals surface area contributed by atoms with Gasteiger partial charge in [-0.3, -0.25) is 14.4 Å². The number of thiocarbonyl (C=S) groups is 1. The number of aliphatic hydroxyl groups is 1. The molecule has 8 atom stereocenters. The lowest BCUT2D eigenvalue weighted by atomic mass is 9.44. The second-order valence-electron chi connectivity index (χ2n) is 10.9. The minimum atomic E-state index is -1.23. The first-order valence-electron chi connectivity index (χ1n) is 11.9. The van der Waals surface area contributed by atoms with Crippen LogP contribution in [0.4, 0.5) is 0 Å². The van der Waals surface area contributed by atoms with Gasteiger partial charge in [-0.05, 0) is 67.8 Å². The van der Waals surface area contributed by atoms with Crippen LogP contribution in [-0.2, 0) is 23.9 Å². The van der Waals surface area contributed by atoms with Crippen LogP contribution in [-0.4, -0.2) is 46.0 Å². The average Bonchev–Trinajstić information content (AvgIpc) is 2.99. The number of carbonyl (C=O) groups excluding carboxylic acids is 3. The molecule has 0 aromatic carbocycles. The summed E-state index contributed by atoms with van der Waals surface area (Å²) < 4.78 is 11.2. The smallest absolute Gasteiger partial charge is 0.303 e. The Kier molecular flexibility index (Phi) is 5.97. The van der Waals surface area contributed by atoms with Gasteiger partial charge >= 0.3 is 5.97 Å². The molecule has 180 valence electrons. The first kappa shape index (κ1) is 24.3. The zero-order valence-corrected chi connectivity index (χ0v) is 20.9. The Hall–Kier alpha value is -1.86. The highest BCUT2D eigenvalue weighted by Gasteiger charge is 2.70. The number of rotatable bonds is 4. The molecule has 6 nitrogen and oxygen atoms in total. The van der Waals surface area contributed by atoms with Crippen molar-refractivity contribution in [3.63, 3.8) is 0 Å². The number of esters is 1.